The summed E-state index contributed by atoms with van der Waals surface area (Å²) in [5, 5.41) is 5.38. The number of anilines is 1. The topological polar surface area (TPSA) is 78.5 Å². The minimum Gasteiger partial charge on any atom is -0.381 e. The van der Waals surface area contributed by atoms with Gasteiger partial charge in [0.05, 0.1) is 1.37 Å². The van der Waals surface area contributed by atoms with Crippen molar-refractivity contribution in [3.8, 4) is 0 Å². The predicted molar refractivity (Wildman–Crippen MR) is 101 cm³/mol. The van der Waals surface area contributed by atoms with Gasteiger partial charge in [-0.3, -0.25) is 19.7 Å². The fourth-order valence-electron chi connectivity index (χ4n) is 3.52. The van der Waals surface area contributed by atoms with Gasteiger partial charge in [-0.05, 0) is 42.7 Å². The number of benzene rings is 2. The van der Waals surface area contributed by atoms with Gasteiger partial charge in [0, 0.05) is 36.3 Å². The van der Waals surface area contributed by atoms with Gasteiger partial charge in [-0.15, -0.1) is 0 Å². The number of piperidine rings is 1. The van der Waals surface area contributed by atoms with E-state index in [9.17, 15) is 18.8 Å². The second kappa shape index (κ2) is 7.07. The molecule has 7 heteroatoms. The van der Waals surface area contributed by atoms with Crippen LogP contribution >= 0.6 is 0 Å². The summed E-state index contributed by atoms with van der Waals surface area (Å²) in [7, 11) is 0. The standard InChI is InChI=1S/C21H20FN3O3/c1-12-5-6-13(9-16(12)22)10-23-17-4-2-3-14-15(17)11-25(21(14)28)18-7-8-19(26)24-20(18)27/h2-6,9,18,23H,7-8,10-11H2,1H3,(H,24,26,27)/t18-/m1/s1/i18D. The summed E-state index contributed by atoms with van der Waals surface area (Å²) in [5.41, 5.74) is 3.12. The van der Waals surface area contributed by atoms with E-state index in [0.717, 1.165) is 5.56 Å². The second-order valence-corrected chi connectivity index (χ2v) is 6.98. The van der Waals surface area contributed by atoms with Crippen molar-refractivity contribution in [3.63, 3.8) is 0 Å². The molecule has 1 atom stereocenters. The zero-order valence-corrected chi connectivity index (χ0v) is 15.3. The van der Waals surface area contributed by atoms with E-state index in [1.165, 1.54) is 11.0 Å². The van der Waals surface area contributed by atoms with E-state index in [4.69, 9.17) is 1.37 Å². The number of rotatable bonds is 4. The Balaban J connectivity index is 1.57. The van der Waals surface area contributed by atoms with E-state index in [2.05, 4.69) is 10.6 Å². The maximum absolute atomic E-state index is 13.8. The third-order valence-corrected chi connectivity index (χ3v) is 5.12. The van der Waals surface area contributed by atoms with Gasteiger partial charge < -0.3 is 10.2 Å². The van der Waals surface area contributed by atoms with Crippen molar-refractivity contribution < 1.29 is 20.1 Å². The van der Waals surface area contributed by atoms with Gasteiger partial charge in [-0.25, -0.2) is 4.39 Å². The van der Waals surface area contributed by atoms with Crippen molar-refractivity contribution >= 4 is 23.4 Å². The van der Waals surface area contributed by atoms with Crippen LogP contribution in [-0.2, 0) is 22.7 Å². The summed E-state index contributed by atoms with van der Waals surface area (Å²) in [6.45, 7) is 2.15. The van der Waals surface area contributed by atoms with Crippen molar-refractivity contribution in [2.24, 2.45) is 0 Å². The molecule has 3 amide bonds. The molecule has 0 radical (unpaired) electrons. The summed E-state index contributed by atoms with van der Waals surface area (Å²) in [5.74, 6) is -1.91. The Bertz CT molecular complexity index is 1040. The molecule has 0 bridgehead atoms. The Morgan fingerprint density at radius 3 is 2.86 bits per heavy atom. The lowest BCUT2D eigenvalue weighted by atomic mass is 10.0. The number of carbonyl (C=O) groups is 3. The van der Waals surface area contributed by atoms with Gasteiger partial charge in [0.15, 0.2) is 0 Å². The molecule has 2 aliphatic heterocycles. The first-order chi connectivity index (χ1) is 13.8. The number of hydrogen-bond donors (Lipinski definition) is 2. The largest absolute Gasteiger partial charge is 0.381 e. The van der Waals surface area contributed by atoms with Gasteiger partial charge in [0.2, 0.25) is 11.8 Å². The number of fused-ring (bicyclic) bond motifs is 1. The van der Waals surface area contributed by atoms with E-state index in [0.29, 0.717) is 28.9 Å². The van der Waals surface area contributed by atoms with E-state index < -0.39 is 23.7 Å². The molecule has 0 aromatic heterocycles. The molecular formula is C21H20FN3O3. The Hall–Kier alpha value is -3.22. The number of aryl methyl sites for hydroxylation is 1. The van der Waals surface area contributed by atoms with Crippen molar-refractivity contribution in [2.45, 2.75) is 38.9 Å². The van der Waals surface area contributed by atoms with E-state index in [1.54, 1.807) is 31.2 Å². The molecule has 2 N–H and O–H groups in total. The van der Waals surface area contributed by atoms with Gasteiger partial charge >= 0.3 is 0 Å². The van der Waals surface area contributed by atoms with Crippen LogP contribution in [0.25, 0.3) is 0 Å². The quantitative estimate of drug-likeness (QED) is 0.797. The molecule has 2 aromatic carbocycles. The molecule has 2 aliphatic rings. The number of hydrogen-bond acceptors (Lipinski definition) is 4. The molecule has 0 aliphatic carbocycles. The summed E-state index contributed by atoms with van der Waals surface area (Å²) in [6, 6.07) is 8.37. The number of nitrogens with zero attached hydrogens (tertiary/aromatic N) is 1. The van der Waals surface area contributed by atoms with Crippen molar-refractivity contribution in [2.75, 3.05) is 5.32 Å². The van der Waals surface area contributed by atoms with Gasteiger partial charge in [0.1, 0.15) is 11.8 Å². The lowest BCUT2D eigenvalue weighted by Gasteiger charge is -2.29. The van der Waals surface area contributed by atoms with Crippen LogP contribution < -0.4 is 10.6 Å². The molecule has 144 valence electrons. The maximum atomic E-state index is 13.8. The van der Waals surface area contributed by atoms with Crippen molar-refractivity contribution in [3.05, 3.63) is 64.5 Å². The average molecular weight is 382 g/mol. The van der Waals surface area contributed by atoms with Gasteiger partial charge in [-0.2, -0.15) is 0 Å². The van der Waals surface area contributed by atoms with Crippen LogP contribution in [0.15, 0.2) is 36.4 Å². The molecule has 6 nitrogen and oxygen atoms in total. The van der Waals surface area contributed by atoms with Crippen LogP contribution in [0.4, 0.5) is 10.1 Å². The molecule has 1 fully saturated rings. The minimum atomic E-state index is -1.82. The highest BCUT2D eigenvalue weighted by atomic mass is 19.1. The van der Waals surface area contributed by atoms with Crippen LogP contribution in [0.3, 0.4) is 0 Å². The van der Waals surface area contributed by atoms with E-state index >= 15 is 0 Å². The molecule has 0 spiro atoms. The molecule has 0 saturated carbocycles. The predicted octanol–water partition coefficient (Wildman–Crippen LogP) is 2.51. The second-order valence-electron chi connectivity index (χ2n) is 6.98. The third-order valence-electron chi connectivity index (χ3n) is 5.12. The van der Waals surface area contributed by atoms with Crippen LogP contribution in [0.5, 0.6) is 0 Å². The lowest BCUT2D eigenvalue weighted by Crippen LogP contribution is -2.52. The van der Waals surface area contributed by atoms with Gasteiger partial charge in [0.25, 0.3) is 5.91 Å². The summed E-state index contributed by atoms with van der Waals surface area (Å²) in [6.07, 6.45) is -0.0255. The average Bonchev–Trinajstić information content (AvgIpc) is 3.04. The fraction of sp³-hybridized carbons (Fsp3) is 0.286. The zero-order chi connectivity index (χ0) is 20.8. The summed E-state index contributed by atoms with van der Waals surface area (Å²) >= 11 is 0. The normalized spacial score (nSPS) is 22.0. The fourth-order valence-corrected chi connectivity index (χ4v) is 3.52. The van der Waals surface area contributed by atoms with Gasteiger partial charge in [-0.1, -0.05) is 18.2 Å². The lowest BCUT2D eigenvalue weighted by molar-refractivity contribution is -0.136. The first-order valence-electron chi connectivity index (χ1n) is 9.56. The molecule has 2 aromatic rings. The third kappa shape index (κ3) is 3.24. The zero-order valence-electron chi connectivity index (χ0n) is 16.3. The van der Waals surface area contributed by atoms with Crippen LogP contribution in [0.2, 0.25) is 0 Å². The number of nitrogens with one attached hydrogen (secondary N) is 2. The molecule has 1 saturated heterocycles. The molecule has 28 heavy (non-hydrogen) atoms. The smallest absolute Gasteiger partial charge is 0.255 e. The Kier molecular flexibility index (Phi) is 4.27. The van der Waals surface area contributed by atoms with Crippen molar-refractivity contribution in [1.82, 2.24) is 10.2 Å². The first kappa shape index (κ1) is 16.9. The molecule has 4 rings (SSSR count). The summed E-state index contributed by atoms with van der Waals surface area (Å²) in [4.78, 5) is 37.8. The SMILES string of the molecule is [2H][C@@]1(N2Cc3c(NCc4ccc(C)c(F)c4)cccc3C2=O)CCC(=O)NC1=O. The Morgan fingerprint density at radius 1 is 1.29 bits per heavy atom. The Morgan fingerprint density at radius 2 is 2.11 bits per heavy atom. The number of carbonyl (C=O) groups excluding carboxylic acids is 3. The van der Waals surface area contributed by atoms with Crippen molar-refractivity contribution in [1.29, 1.82) is 0 Å². The number of halogens is 1. The van der Waals surface area contributed by atoms with Crippen LogP contribution in [0, 0.1) is 12.7 Å². The number of imide groups is 1. The molecule has 2 heterocycles. The first-order valence-corrected chi connectivity index (χ1v) is 9.06. The minimum absolute atomic E-state index is 0.0134. The number of amides is 3. The Labute approximate surface area is 163 Å². The molecule has 0 unspecified atom stereocenters. The monoisotopic (exact) mass is 382 g/mol. The van der Waals surface area contributed by atoms with E-state index in [-0.39, 0.29) is 25.2 Å². The summed E-state index contributed by atoms with van der Waals surface area (Å²) < 4.78 is 22.3. The van der Waals surface area contributed by atoms with Crippen LogP contribution in [-0.4, -0.2) is 28.6 Å². The highest BCUT2D eigenvalue weighted by Crippen LogP contribution is 2.32. The van der Waals surface area contributed by atoms with E-state index in [1.807, 2.05) is 6.07 Å². The molecular weight excluding hydrogens is 361 g/mol. The maximum Gasteiger partial charge on any atom is 0.255 e. The highest BCUT2D eigenvalue weighted by Gasteiger charge is 2.39. The van der Waals surface area contributed by atoms with Crippen LogP contribution in [0.1, 0.15) is 41.3 Å². The highest BCUT2D eigenvalue weighted by molar-refractivity contribution is 6.06.